The summed E-state index contributed by atoms with van der Waals surface area (Å²) >= 11 is 0. The summed E-state index contributed by atoms with van der Waals surface area (Å²) in [6.07, 6.45) is 1.30. The van der Waals surface area contributed by atoms with Gasteiger partial charge < -0.3 is 10.0 Å². The number of carboxylic acids is 1. The molecular formula is C15H14F2N2O2. The van der Waals surface area contributed by atoms with Gasteiger partial charge in [-0.2, -0.15) is 0 Å². The van der Waals surface area contributed by atoms with Crippen molar-refractivity contribution >= 4 is 22.6 Å². The van der Waals surface area contributed by atoms with E-state index in [1.165, 1.54) is 6.07 Å². The fourth-order valence-corrected chi connectivity index (χ4v) is 2.89. The predicted molar refractivity (Wildman–Crippen MR) is 74.4 cm³/mol. The molecule has 0 bridgehead atoms. The van der Waals surface area contributed by atoms with Crippen molar-refractivity contribution in [2.45, 2.75) is 25.8 Å². The first kappa shape index (κ1) is 13.7. The molecule has 0 spiro atoms. The van der Waals surface area contributed by atoms with E-state index in [0.29, 0.717) is 29.7 Å². The van der Waals surface area contributed by atoms with Crippen molar-refractivity contribution in [1.29, 1.82) is 0 Å². The van der Waals surface area contributed by atoms with Gasteiger partial charge in [0.2, 0.25) is 0 Å². The first-order chi connectivity index (χ1) is 9.99. The van der Waals surface area contributed by atoms with E-state index in [4.69, 9.17) is 0 Å². The summed E-state index contributed by atoms with van der Waals surface area (Å²) < 4.78 is 27.3. The van der Waals surface area contributed by atoms with Gasteiger partial charge in [-0.15, -0.1) is 0 Å². The van der Waals surface area contributed by atoms with Crippen LogP contribution in [0.4, 0.5) is 14.5 Å². The molecule has 0 radical (unpaired) electrons. The normalized spacial score (nSPS) is 18.4. The Kier molecular flexibility index (Phi) is 3.23. The summed E-state index contributed by atoms with van der Waals surface area (Å²) in [6.45, 7) is 2.26. The molecule has 1 aliphatic heterocycles. The van der Waals surface area contributed by atoms with Crippen LogP contribution in [0.1, 0.15) is 18.5 Å². The van der Waals surface area contributed by atoms with Crippen molar-refractivity contribution in [3.05, 3.63) is 35.5 Å². The molecule has 1 aromatic carbocycles. The maximum Gasteiger partial charge on any atom is 0.326 e. The molecule has 6 heteroatoms. The van der Waals surface area contributed by atoms with Gasteiger partial charge in [0.15, 0.2) is 11.6 Å². The number of halogens is 2. The summed E-state index contributed by atoms with van der Waals surface area (Å²) in [7, 11) is 0. The molecule has 1 fully saturated rings. The highest BCUT2D eigenvalue weighted by Crippen LogP contribution is 2.33. The van der Waals surface area contributed by atoms with E-state index in [1.807, 2.05) is 0 Å². The zero-order valence-corrected chi connectivity index (χ0v) is 11.4. The van der Waals surface area contributed by atoms with Crippen LogP contribution in [0.15, 0.2) is 18.2 Å². The fourth-order valence-electron chi connectivity index (χ4n) is 2.89. The third kappa shape index (κ3) is 2.20. The van der Waals surface area contributed by atoms with Crippen LogP contribution in [0.2, 0.25) is 0 Å². The van der Waals surface area contributed by atoms with E-state index in [1.54, 1.807) is 17.9 Å². The van der Waals surface area contributed by atoms with E-state index in [9.17, 15) is 18.7 Å². The van der Waals surface area contributed by atoms with Crippen LogP contribution in [0, 0.1) is 18.6 Å². The topological polar surface area (TPSA) is 53.4 Å². The van der Waals surface area contributed by atoms with Crippen molar-refractivity contribution in [2.24, 2.45) is 0 Å². The van der Waals surface area contributed by atoms with Gasteiger partial charge in [0.05, 0.1) is 0 Å². The number of hydrogen-bond acceptors (Lipinski definition) is 3. The first-order valence-corrected chi connectivity index (χ1v) is 6.74. The number of carboxylic acid groups (broad SMARTS) is 1. The number of carbonyl (C=O) groups is 1. The lowest BCUT2D eigenvalue weighted by Gasteiger charge is -2.25. The van der Waals surface area contributed by atoms with Crippen molar-refractivity contribution in [1.82, 2.24) is 4.98 Å². The van der Waals surface area contributed by atoms with Gasteiger partial charge in [-0.25, -0.2) is 18.6 Å². The number of hydrogen-bond donors (Lipinski definition) is 1. The molecule has 1 aromatic heterocycles. The highest BCUT2D eigenvalue weighted by Gasteiger charge is 2.32. The molecule has 1 atom stereocenters. The number of aromatic nitrogens is 1. The molecule has 21 heavy (non-hydrogen) atoms. The molecule has 0 saturated carbocycles. The lowest BCUT2D eigenvalue weighted by Crippen LogP contribution is -2.36. The van der Waals surface area contributed by atoms with Gasteiger partial charge in [-0.3, -0.25) is 0 Å². The van der Waals surface area contributed by atoms with Gasteiger partial charge in [0.1, 0.15) is 11.6 Å². The number of pyridine rings is 1. The molecule has 1 aliphatic rings. The molecule has 110 valence electrons. The first-order valence-electron chi connectivity index (χ1n) is 6.74. The third-order valence-electron chi connectivity index (χ3n) is 3.83. The van der Waals surface area contributed by atoms with Crippen molar-refractivity contribution in [3.63, 3.8) is 0 Å². The minimum Gasteiger partial charge on any atom is -0.480 e. The summed E-state index contributed by atoms with van der Waals surface area (Å²) in [5, 5.41) is 9.73. The largest absolute Gasteiger partial charge is 0.480 e. The second-order valence-corrected chi connectivity index (χ2v) is 5.23. The van der Waals surface area contributed by atoms with Crippen LogP contribution in [-0.2, 0) is 4.79 Å². The van der Waals surface area contributed by atoms with E-state index in [2.05, 4.69) is 4.98 Å². The number of aryl methyl sites for hydroxylation is 1. The summed E-state index contributed by atoms with van der Waals surface area (Å²) in [6, 6.07) is 3.58. The number of anilines is 1. The molecule has 1 N–H and O–H groups in total. The fraction of sp³-hybridized carbons (Fsp3) is 0.333. The Morgan fingerprint density at radius 2 is 2.19 bits per heavy atom. The van der Waals surface area contributed by atoms with Crippen LogP contribution in [0.25, 0.3) is 10.9 Å². The Labute approximate surface area is 120 Å². The van der Waals surface area contributed by atoms with E-state index in [0.717, 1.165) is 12.5 Å². The van der Waals surface area contributed by atoms with Gasteiger partial charge in [0.25, 0.3) is 0 Å². The van der Waals surface area contributed by atoms with Gasteiger partial charge in [0, 0.05) is 23.3 Å². The van der Waals surface area contributed by atoms with Crippen molar-refractivity contribution < 1.29 is 18.7 Å². The Morgan fingerprint density at radius 1 is 1.43 bits per heavy atom. The Balaban J connectivity index is 2.23. The summed E-state index contributed by atoms with van der Waals surface area (Å²) in [4.78, 5) is 17.1. The van der Waals surface area contributed by atoms with Crippen LogP contribution in [-0.4, -0.2) is 28.6 Å². The van der Waals surface area contributed by atoms with Crippen molar-refractivity contribution in [2.75, 3.05) is 11.4 Å². The monoisotopic (exact) mass is 292 g/mol. The molecule has 1 saturated heterocycles. The highest BCUT2D eigenvalue weighted by molar-refractivity contribution is 5.94. The quantitative estimate of drug-likeness (QED) is 0.924. The number of nitrogens with zero attached hydrogens (tertiary/aromatic N) is 2. The Morgan fingerprint density at radius 3 is 2.90 bits per heavy atom. The average Bonchev–Trinajstić information content (AvgIpc) is 2.92. The number of fused-ring (bicyclic) bond motifs is 1. The SMILES string of the molecule is Cc1cc(N2CCCC2C(=O)O)c2ccc(F)c(F)c2n1. The maximum atomic E-state index is 13.9. The number of aliphatic carboxylic acids is 1. The van der Waals surface area contributed by atoms with E-state index in [-0.39, 0.29) is 5.52 Å². The molecule has 2 aromatic rings. The maximum absolute atomic E-state index is 13.9. The minimum atomic E-state index is -0.997. The van der Waals surface area contributed by atoms with E-state index >= 15 is 0 Å². The third-order valence-corrected chi connectivity index (χ3v) is 3.83. The average molecular weight is 292 g/mol. The number of rotatable bonds is 2. The van der Waals surface area contributed by atoms with Gasteiger partial charge >= 0.3 is 5.97 Å². The summed E-state index contributed by atoms with van der Waals surface area (Å²) in [5.41, 5.74) is 1.07. The summed E-state index contributed by atoms with van der Waals surface area (Å²) in [5.74, 6) is -2.86. The molecule has 4 nitrogen and oxygen atoms in total. The smallest absolute Gasteiger partial charge is 0.326 e. The number of benzene rings is 1. The second kappa shape index (κ2) is 4.95. The molecular weight excluding hydrogens is 278 g/mol. The van der Waals surface area contributed by atoms with Crippen LogP contribution < -0.4 is 4.90 Å². The van der Waals surface area contributed by atoms with Crippen LogP contribution in [0.5, 0.6) is 0 Å². The van der Waals surface area contributed by atoms with Crippen molar-refractivity contribution in [3.8, 4) is 0 Å². The molecule has 1 unspecified atom stereocenters. The van der Waals surface area contributed by atoms with E-state index < -0.39 is 23.6 Å². The molecule has 0 amide bonds. The zero-order valence-electron chi connectivity index (χ0n) is 11.4. The lowest BCUT2D eigenvalue weighted by molar-refractivity contribution is -0.138. The van der Waals surface area contributed by atoms with Gasteiger partial charge in [-0.1, -0.05) is 0 Å². The Bertz CT molecular complexity index is 733. The molecule has 0 aliphatic carbocycles. The van der Waals surface area contributed by atoms with Crippen LogP contribution >= 0.6 is 0 Å². The van der Waals surface area contributed by atoms with Gasteiger partial charge in [-0.05, 0) is 38.0 Å². The predicted octanol–water partition coefficient (Wildman–Crippen LogP) is 2.87. The Hall–Kier alpha value is -2.24. The standard InChI is InChI=1S/C15H14F2N2O2/c1-8-7-12(19-6-2-3-11(19)15(20)21)9-4-5-10(16)13(17)14(9)18-8/h4-5,7,11H,2-3,6H2,1H3,(H,20,21). The lowest BCUT2D eigenvalue weighted by atomic mass is 10.1. The second-order valence-electron chi connectivity index (χ2n) is 5.23. The molecule has 2 heterocycles. The van der Waals surface area contributed by atoms with Crippen LogP contribution in [0.3, 0.4) is 0 Å². The highest BCUT2D eigenvalue weighted by atomic mass is 19.2. The zero-order chi connectivity index (χ0) is 15.1. The molecule has 3 rings (SSSR count). The minimum absolute atomic E-state index is 0.0546.